The largest absolute Gasteiger partial charge is 0.483 e. The van der Waals surface area contributed by atoms with Crippen molar-refractivity contribution in [3.8, 4) is 23.6 Å². The Morgan fingerprint density at radius 2 is 1.84 bits per heavy atom. The number of aromatic nitrogens is 1. The number of ether oxygens (including phenoxy) is 1. The van der Waals surface area contributed by atoms with E-state index in [1.165, 1.54) is 24.3 Å². The molecule has 0 aliphatic rings. The second-order valence-electron chi connectivity index (χ2n) is 5.58. The summed E-state index contributed by atoms with van der Waals surface area (Å²) < 4.78 is 45.7. The molecule has 1 aromatic heterocycles. The molecule has 11 heteroatoms. The van der Waals surface area contributed by atoms with Gasteiger partial charge in [-0.2, -0.15) is 10.5 Å². The second-order valence-corrected chi connectivity index (χ2v) is 7.27. The topological polar surface area (TPSA) is 153 Å². The molecule has 0 aliphatic carbocycles. The molecule has 31 heavy (non-hydrogen) atoms. The van der Waals surface area contributed by atoms with Crippen LogP contribution in [0.25, 0.3) is 0 Å². The molecule has 3 aromatic rings. The van der Waals surface area contributed by atoms with Gasteiger partial charge in [-0.05, 0) is 48.5 Å². The van der Waals surface area contributed by atoms with Gasteiger partial charge < -0.3 is 9.84 Å². The van der Waals surface area contributed by atoms with Crippen LogP contribution in [0.5, 0.6) is 11.5 Å². The molecule has 0 bridgehead atoms. The number of carboxylic acid groups (broad SMARTS) is 1. The fourth-order valence-corrected chi connectivity index (χ4v) is 3.28. The quantitative estimate of drug-likeness (QED) is 0.573. The van der Waals surface area contributed by atoms with Gasteiger partial charge in [0.05, 0.1) is 28.3 Å². The Labute approximate surface area is 176 Å². The molecular weight excluding hydrogens is 427 g/mol. The Morgan fingerprint density at radius 3 is 2.45 bits per heavy atom. The maximum atomic E-state index is 12.9. The Morgan fingerprint density at radius 1 is 1.10 bits per heavy atom. The molecule has 0 radical (unpaired) electrons. The van der Waals surface area contributed by atoms with Crippen molar-refractivity contribution in [2.24, 2.45) is 0 Å². The van der Waals surface area contributed by atoms with Crippen molar-refractivity contribution in [3.63, 3.8) is 0 Å². The van der Waals surface area contributed by atoms with E-state index in [1.54, 1.807) is 18.2 Å². The molecule has 1 heterocycles. The van der Waals surface area contributed by atoms with Crippen LogP contribution >= 0.6 is 0 Å². The number of nitrogens with zero attached hydrogens (tertiary/aromatic N) is 3. The normalized spacial score (nSPS) is 9.90. The summed E-state index contributed by atoms with van der Waals surface area (Å²) in [7, 11) is -4.04. The molecule has 3 rings (SSSR count). The first-order valence-electron chi connectivity index (χ1n) is 8.27. The van der Waals surface area contributed by atoms with Crippen molar-refractivity contribution in [3.05, 3.63) is 77.7 Å². The molecule has 0 unspecified atom stereocenters. The average Bonchev–Trinajstić information content (AvgIpc) is 2.76. The zero-order valence-corrected chi connectivity index (χ0v) is 16.4. The van der Waals surface area contributed by atoms with Crippen LogP contribution in [0.3, 0.4) is 0 Å². The fourth-order valence-electron chi connectivity index (χ4n) is 2.24. The number of carbonyl (C=O) groups is 1. The molecule has 0 saturated carbocycles. The maximum absolute atomic E-state index is 12.9. The van der Waals surface area contributed by atoms with Crippen molar-refractivity contribution >= 4 is 22.3 Å². The number of benzene rings is 2. The first-order chi connectivity index (χ1) is 14.8. The number of rotatable bonds is 5. The average molecular weight is 440 g/mol. The van der Waals surface area contributed by atoms with Crippen molar-refractivity contribution < 1.29 is 27.4 Å². The predicted molar refractivity (Wildman–Crippen MR) is 106 cm³/mol. The molecule has 0 amide bonds. The molecule has 0 saturated heterocycles. The number of hydrogen-bond donors (Lipinski definition) is 2. The minimum atomic E-state index is -4.04. The number of anilines is 1. The first-order valence-corrected chi connectivity index (χ1v) is 9.75. The van der Waals surface area contributed by atoms with Gasteiger partial charge in [0.2, 0.25) is 0 Å². The van der Waals surface area contributed by atoms with E-state index in [1.807, 2.05) is 12.1 Å². The summed E-state index contributed by atoms with van der Waals surface area (Å²) in [6.07, 6.45) is 0.880. The highest BCUT2D eigenvalue weighted by Crippen LogP contribution is 2.28. The van der Waals surface area contributed by atoms with Crippen LogP contribution < -0.4 is 9.46 Å². The monoisotopic (exact) mass is 440 g/mol. The van der Waals surface area contributed by atoms with Crippen LogP contribution in [0.15, 0.2) is 65.7 Å². The van der Waals surface area contributed by atoms with E-state index >= 15 is 0 Å². The third-order valence-electron chi connectivity index (χ3n) is 3.54. The van der Waals surface area contributed by atoms with Crippen LogP contribution in [0, 0.1) is 28.5 Å². The molecule has 156 valence electrons. The molecule has 0 aliphatic heterocycles. The molecule has 2 N–H and O–H groups in total. The number of nitrogens with one attached hydrogen (secondary N) is 1. The van der Waals surface area contributed by atoms with Gasteiger partial charge in [0, 0.05) is 0 Å². The van der Waals surface area contributed by atoms with Gasteiger partial charge in [-0.3, -0.25) is 9.52 Å². The van der Waals surface area contributed by atoms with Crippen LogP contribution in [-0.2, 0) is 14.8 Å². The van der Waals surface area contributed by atoms with Gasteiger partial charge in [-0.15, -0.1) is 0 Å². The molecule has 0 atom stereocenters. The summed E-state index contributed by atoms with van der Waals surface area (Å²) in [6.45, 7) is -0.250. The SMILES string of the molecule is N#Cc1cccc(Oc2ccc(S(=O)(=O)Nc3ccc(F)cn3)cc2C#N)c1.O=CO. The zero-order chi connectivity index (χ0) is 22.9. The summed E-state index contributed by atoms with van der Waals surface area (Å²) in [4.78, 5) is 11.8. The first kappa shape index (κ1) is 22.8. The van der Waals surface area contributed by atoms with Gasteiger partial charge in [-0.1, -0.05) is 6.07 Å². The third kappa shape index (κ3) is 6.25. The van der Waals surface area contributed by atoms with Crippen LogP contribution in [-0.4, -0.2) is 25.0 Å². The highest BCUT2D eigenvalue weighted by atomic mass is 32.2. The zero-order valence-electron chi connectivity index (χ0n) is 15.6. The van der Waals surface area contributed by atoms with E-state index in [0.29, 0.717) is 11.3 Å². The second kappa shape index (κ2) is 10.3. The van der Waals surface area contributed by atoms with Crippen molar-refractivity contribution in [1.82, 2.24) is 4.98 Å². The standard InChI is InChI=1S/C19H11FN4O3S.CH2O2/c20-15-4-7-19(23-12-15)24-28(25,26)17-5-6-18(14(9-17)11-22)27-16-3-1-2-13(8-16)10-21;2-1-3/h1-9,12H,(H,23,24);1H,(H,2,3). The molecule has 2 aromatic carbocycles. The molecule has 9 nitrogen and oxygen atoms in total. The Hall–Kier alpha value is -4.48. The molecular formula is C20H13FN4O5S. The Kier molecular flexibility index (Phi) is 7.61. The van der Waals surface area contributed by atoms with Crippen LogP contribution in [0.1, 0.15) is 11.1 Å². The van der Waals surface area contributed by atoms with E-state index in [-0.39, 0.29) is 28.5 Å². The van der Waals surface area contributed by atoms with E-state index < -0.39 is 15.8 Å². The number of nitriles is 2. The third-order valence-corrected chi connectivity index (χ3v) is 4.89. The number of sulfonamides is 1. The minimum absolute atomic E-state index is 0.0164. The van der Waals surface area contributed by atoms with Gasteiger partial charge in [0.15, 0.2) is 0 Å². The summed E-state index contributed by atoms with van der Waals surface area (Å²) in [5.74, 6) is -0.193. The lowest BCUT2D eigenvalue weighted by Gasteiger charge is -2.11. The smallest absolute Gasteiger partial charge is 0.290 e. The highest BCUT2D eigenvalue weighted by Gasteiger charge is 2.18. The number of hydrogen-bond acceptors (Lipinski definition) is 7. The van der Waals surface area contributed by atoms with E-state index in [0.717, 1.165) is 18.3 Å². The van der Waals surface area contributed by atoms with E-state index in [9.17, 15) is 18.1 Å². The van der Waals surface area contributed by atoms with Crippen LogP contribution in [0.4, 0.5) is 10.2 Å². The number of halogens is 1. The van der Waals surface area contributed by atoms with Gasteiger partial charge in [-0.25, -0.2) is 17.8 Å². The van der Waals surface area contributed by atoms with Crippen LogP contribution in [0.2, 0.25) is 0 Å². The van der Waals surface area contributed by atoms with Gasteiger partial charge in [0.1, 0.15) is 29.2 Å². The lowest BCUT2D eigenvalue weighted by atomic mass is 10.2. The van der Waals surface area contributed by atoms with Gasteiger partial charge in [0.25, 0.3) is 16.5 Å². The van der Waals surface area contributed by atoms with Crippen molar-refractivity contribution in [2.75, 3.05) is 4.72 Å². The number of pyridine rings is 1. The summed E-state index contributed by atoms with van der Waals surface area (Å²) in [5, 5.41) is 25.2. The Bertz CT molecular complexity index is 1270. The Balaban J connectivity index is 0.00000107. The summed E-state index contributed by atoms with van der Waals surface area (Å²) in [6, 6.07) is 16.2. The van der Waals surface area contributed by atoms with Crippen molar-refractivity contribution in [1.29, 1.82) is 10.5 Å². The predicted octanol–water partition coefficient (Wildman–Crippen LogP) is 3.26. The molecule has 0 fully saturated rings. The maximum Gasteiger partial charge on any atom is 0.290 e. The molecule has 0 spiro atoms. The summed E-state index contributed by atoms with van der Waals surface area (Å²) >= 11 is 0. The van der Waals surface area contributed by atoms with E-state index in [4.69, 9.17) is 19.9 Å². The lowest BCUT2D eigenvalue weighted by molar-refractivity contribution is -0.122. The van der Waals surface area contributed by atoms with Crippen molar-refractivity contribution in [2.45, 2.75) is 4.90 Å². The van der Waals surface area contributed by atoms with Gasteiger partial charge >= 0.3 is 0 Å². The highest BCUT2D eigenvalue weighted by molar-refractivity contribution is 7.92. The summed E-state index contributed by atoms with van der Waals surface area (Å²) in [5.41, 5.74) is 0.364. The lowest BCUT2D eigenvalue weighted by Crippen LogP contribution is -2.14. The van der Waals surface area contributed by atoms with E-state index in [2.05, 4.69) is 9.71 Å². The minimum Gasteiger partial charge on any atom is -0.483 e. The fraction of sp³-hybridized carbons (Fsp3) is 0.